The molecular weight excluding hydrogens is 260 g/mol. The van der Waals surface area contributed by atoms with Crippen LogP contribution in [-0.2, 0) is 0 Å². The predicted octanol–water partition coefficient (Wildman–Crippen LogP) is 3.59. The van der Waals surface area contributed by atoms with Crippen LogP contribution < -0.4 is 15.0 Å². The predicted molar refractivity (Wildman–Crippen MR) is 88.3 cm³/mol. The van der Waals surface area contributed by atoms with Gasteiger partial charge in [-0.25, -0.2) is 0 Å². The molecule has 0 atom stereocenters. The minimum atomic E-state index is 0.344. The second-order valence-electron chi connectivity index (χ2n) is 6.47. The lowest BCUT2D eigenvalue weighted by molar-refractivity contribution is 0.246. The molecule has 2 aliphatic rings. The lowest BCUT2D eigenvalue weighted by atomic mass is 9.81. The highest BCUT2D eigenvalue weighted by Crippen LogP contribution is 2.32. The lowest BCUT2D eigenvalue weighted by Crippen LogP contribution is -2.52. The normalized spacial score (nSPS) is 22.0. The smallest absolute Gasteiger partial charge is 0.121 e. The molecule has 0 unspecified atom stereocenters. The monoisotopic (exact) mass is 288 g/mol. The van der Waals surface area contributed by atoms with Crippen LogP contribution in [0.2, 0.25) is 0 Å². The molecule has 1 aromatic rings. The summed E-state index contributed by atoms with van der Waals surface area (Å²) in [7, 11) is 0. The van der Waals surface area contributed by atoms with Gasteiger partial charge in [0.05, 0.1) is 6.61 Å². The Morgan fingerprint density at radius 2 is 2.05 bits per heavy atom. The number of hydrogen-bond acceptors (Lipinski definition) is 3. The molecule has 116 valence electrons. The first kappa shape index (κ1) is 14.7. The average molecular weight is 288 g/mol. The van der Waals surface area contributed by atoms with Gasteiger partial charge in [-0.05, 0) is 44.9 Å². The van der Waals surface area contributed by atoms with Gasteiger partial charge >= 0.3 is 0 Å². The largest absolute Gasteiger partial charge is 0.494 e. The Morgan fingerprint density at radius 1 is 1.19 bits per heavy atom. The topological polar surface area (TPSA) is 24.5 Å². The highest BCUT2D eigenvalue weighted by Gasteiger charge is 2.34. The third kappa shape index (κ3) is 3.52. The van der Waals surface area contributed by atoms with E-state index < -0.39 is 0 Å². The summed E-state index contributed by atoms with van der Waals surface area (Å²) < 4.78 is 5.66. The van der Waals surface area contributed by atoms with E-state index >= 15 is 0 Å². The van der Waals surface area contributed by atoms with E-state index in [9.17, 15) is 0 Å². The van der Waals surface area contributed by atoms with Crippen LogP contribution in [-0.4, -0.2) is 31.8 Å². The molecule has 0 radical (unpaired) electrons. The van der Waals surface area contributed by atoms with Crippen molar-refractivity contribution in [2.75, 3.05) is 31.1 Å². The van der Waals surface area contributed by atoms with Gasteiger partial charge in [0, 0.05) is 30.4 Å². The maximum atomic E-state index is 5.66. The Balaban J connectivity index is 1.78. The van der Waals surface area contributed by atoms with Crippen molar-refractivity contribution in [1.82, 2.24) is 5.32 Å². The number of benzene rings is 1. The standard InChI is InChI=1S/C18H28N2O/c1-2-21-17-9-6-8-16(14-17)20-13-7-12-19-18(15-20)10-4-3-5-11-18/h6,8-9,14,19H,2-5,7,10-13,15H2,1H3. The summed E-state index contributed by atoms with van der Waals surface area (Å²) in [6, 6.07) is 8.60. The molecule has 0 bridgehead atoms. The SMILES string of the molecule is CCOc1cccc(N2CCCNC3(CCCCC3)C2)c1. The van der Waals surface area contributed by atoms with Crippen LogP contribution in [0, 0.1) is 0 Å². The van der Waals surface area contributed by atoms with Crippen LogP contribution in [0.15, 0.2) is 24.3 Å². The van der Waals surface area contributed by atoms with Gasteiger partial charge in [-0.15, -0.1) is 0 Å². The Labute approximate surface area is 128 Å². The van der Waals surface area contributed by atoms with E-state index in [0.717, 1.165) is 32.0 Å². The number of ether oxygens (including phenoxy) is 1. The summed E-state index contributed by atoms with van der Waals surface area (Å²) in [6.45, 7) is 6.21. The molecule has 1 aliphatic heterocycles. The lowest BCUT2D eigenvalue weighted by Gasteiger charge is -2.40. The molecule has 1 aliphatic carbocycles. The number of nitrogens with zero attached hydrogens (tertiary/aromatic N) is 1. The summed E-state index contributed by atoms with van der Waals surface area (Å²) in [5.74, 6) is 0.991. The van der Waals surface area contributed by atoms with Crippen molar-refractivity contribution in [3.63, 3.8) is 0 Å². The van der Waals surface area contributed by atoms with Crippen LogP contribution in [0.4, 0.5) is 5.69 Å². The minimum Gasteiger partial charge on any atom is -0.494 e. The molecule has 0 amide bonds. The first-order valence-corrected chi connectivity index (χ1v) is 8.54. The van der Waals surface area contributed by atoms with E-state index in [4.69, 9.17) is 4.74 Å². The second-order valence-corrected chi connectivity index (χ2v) is 6.47. The van der Waals surface area contributed by atoms with E-state index in [0.29, 0.717) is 5.54 Å². The zero-order chi connectivity index (χ0) is 14.5. The van der Waals surface area contributed by atoms with Crippen molar-refractivity contribution in [2.45, 2.75) is 51.0 Å². The van der Waals surface area contributed by atoms with Crippen molar-refractivity contribution >= 4 is 5.69 Å². The summed E-state index contributed by atoms with van der Waals surface area (Å²) in [4.78, 5) is 2.56. The summed E-state index contributed by atoms with van der Waals surface area (Å²) in [6.07, 6.45) is 8.03. The van der Waals surface area contributed by atoms with Gasteiger partial charge in [0.1, 0.15) is 5.75 Å². The molecule has 2 fully saturated rings. The molecule has 3 nitrogen and oxygen atoms in total. The van der Waals surface area contributed by atoms with Crippen molar-refractivity contribution in [3.8, 4) is 5.75 Å². The number of rotatable bonds is 3. The summed E-state index contributed by atoms with van der Waals surface area (Å²) in [5, 5.41) is 3.86. The first-order valence-electron chi connectivity index (χ1n) is 8.54. The van der Waals surface area contributed by atoms with Crippen LogP contribution in [0.3, 0.4) is 0 Å². The molecule has 3 rings (SSSR count). The quantitative estimate of drug-likeness (QED) is 0.920. The summed E-state index contributed by atoms with van der Waals surface area (Å²) >= 11 is 0. The highest BCUT2D eigenvalue weighted by atomic mass is 16.5. The van der Waals surface area contributed by atoms with Gasteiger partial charge in [0.25, 0.3) is 0 Å². The van der Waals surface area contributed by atoms with Crippen LogP contribution in [0.5, 0.6) is 5.75 Å². The van der Waals surface area contributed by atoms with Gasteiger partial charge < -0.3 is 15.0 Å². The zero-order valence-electron chi connectivity index (χ0n) is 13.2. The first-order chi connectivity index (χ1) is 10.3. The van der Waals surface area contributed by atoms with Crippen molar-refractivity contribution in [3.05, 3.63) is 24.3 Å². The van der Waals surface area contributed by atoms with Crippen LogP contribution in [0.25, 0.3) is 0 Å². The molecule has 21 heavy (non-hydrogen) atoms. The van der Waals surface area contributed by atoms with Gasteiger partial charge in [0.2, 0.25) is 0 Å². The Hall–Kier alpha value is -1.22. The minimum absolute atomic E-state index is 0.344. The Bertz CT molecular complexity index is 454. The fourth-order valence-electron chi connectivity index (χ4n) is 3.84. The summed E-state index contributed by atoms with van der Waals surface area (Å²) in [5.41, 5.74) is 1.66. The van der Waals surface area contributed by atoms with Crippen LogP contribution >= 0.6 is 0 Å². The Morgan fingerprint density at radius 3 is 2.86 bits per heavy atom. The van der Waals surface area contributed by atoms with E-state index in [1.165, 1.54) is 44.2 Å². The number of anilines is 1. The van der Waals surface area contributed by atoms with Crippen molar-refractivity contribution in [2.24, 2.45) is 0 Å². The maximum absolute atomic E-state index is 5.66. The third-order valence-corrected chi connectivity index (χ3v) is 4.90. The van der Waals surface area contributed by atoms with Crippen molar-refractivity contribution in [1.29, 1.82) is 0 Å². The van der Waals surface area contributed by atoms with Crippen molar-refractivity contribution < 1.29 is 4.74 Å². The van der Waals surface area contributed by atoms with Gasteiger partial charge in [-0.1, -0.05) is 25.3 Å². The molecule has 1 saturated heterocycles. The molecule has 0 aromatic heterocycles. The second kappa shape index (κ2) is 6.69. The fraction of sp³-hybridized carbons (Fsp3) is 0.667. The maximum Gasteiger partial charge on any atom is 0.121 e. The van der Waals surface area contributed by atoms with Gasteiger partial charge in [-0.3, -0.25) is 0 Å². The third-order valence-electron chi connectivity index (χ3n) is 4.90. The fourth-order valence-corrected chi connectivity index (χ4v) is 3.84. The van der Waals surface area contributed by atoms with Crippen LogP contribution in [0.1, 0.15) is 45.4 Å². The number of nitrogens with one attached hydrogen (secondary N) is 1. The number of hydrogen-bond donors (Lipinski definition) is 1. The van der Waals surface area contributed by atoms with E-state index in [1.807, 2.05) is 6.92 Å². The van der Waals surface area contributed by atoms with Gasteiger partial charge in [-0.2, -0.15) is 0 Å². The Kier molecular flexibility index (Phi) is 4.69. The van der Waals surface area contributed by atoms with E-state index in [1.54, 1.807) is 0 Å². The molecule has 1 N–H and O–H groups in total. The highest BCUT2D eigenvalue weighted by molar-refractivity contribution is 5.51. The molecular formula is C18H28N2O. The van der Waals surface area contributed by atoms with E-state index in [2.05, 4.69) is 34.5 Å². The molecule has 1 saturated carbocycles. The van der Waals surface area contributed by atoms with Gasteiger partial charge in [0.15, 0.2) is 0 Å². The molecule has 1 heterocycles. The average Bonchev–Trinajstić information content (AvgIpc) is 2.72. The molecule has 1 spiro atoms. The molecule has 3 heteroatoms. The molecule has 1 aromatic carbocycles. The zero-order valence-corrected chi connectivity index (χ0v) is 13.2. The van der Waals surface area contributed by atoms with E-state index in [-0.39, 0.29) is 0 Å².